The van der Waals surface area contributed by atoms with E-state index in [2.05, 4.69) is 5.32 Å². The Morgan fingerprint density at radius 1 is 1.08 bits per heavy atom. The quantitative estimate of drug-likeness (QED) is 0.669. The van der Waals surface area contributed by atoms with Crippen molar-refractivity contribution in [2.45, 2.75) is 38.0 Å². The minimum Gasteiger partial charge on any atom is -0.478 e. The van der Waals surface area contributed by atoms with Gasteiger partial charge in [0.05, 0.1) is 10.5 Å². The number of nitrogens with one attached hydrogen (secondary N) is 1. The van der Waals surface area contributed by atoms with Crippen LogP contribution in [0.3, 0.4) is 0 Å². The summed E-state index contributed by atoms with van der Waals surface area (Å²) >= 11 is 0. The van der Waals surface area contributed by atoms with Gasteiger partial charge in [-0.2, -0.15) is 0 Å². The molecule has 8 nitrogen and oxygen atoms in total. The zero-order chi connectivity index (χ0) is 19.9. The van der Waals surface area contributed by atoms with Crippen molar-refractivity contribution in [3.63, 3.8) is 0 Å². The van der Waals surface area contributed by atoms with Gasteiger partial charge < -0.3 is 15.3 Å². The van der Waals surface area contributed by atoms with Gasteiger partial charge in [-0.25, -0.2) is 13.2 Å². The highest BCUT2D eigenvalue weighted by Crippen LogP contribution is 2.20. The molecule has 1 rings (SSSR count). The van der Waals surface area contributed by atoms with Crippen molar-refractivity contribution in [1.29, 1.82) is 0 Å². The van der Waals surface area contributed by atoms with Crippen LogP contribution in [0.1, 0.15) is 43.5 Å². The highest BCUT2D eigenvalue weighted by atomic mass is 32.2. The summed E-state index contributed by atoms with van der Waals surface area (Å²) in [4.78, 5) is 36.5. The molecule has 1 aromatic rings. The fourth-order valence-electron chi connectivity index (χ4n) is 2.37. The Labute approximate surface area is 153 Å². The number of hydrogen-bond acceptors (Lipinski definition) is 5. The molecule has 0 saturated carbocycles. The summed E-state index contributed by atoms with van der Waals surface area (Å²) in [5, 5.41) is 11.6. The van der Waals surface area contributed by atoms with Gasteiger partial charge in [0, 0.05) is 37.9 Å². The predicted octanol–water partition coefficient (Wildman–Crippen LogP) is 1.77. The Kier molecular flexibility index (Phi) is 7.76. The molecule has 26 heavy (non-hydrogen) atoms. The van der Waals surface area contributed by atoms with Crippen LogP contribution in [-0.4, -0.2) is 55.6 Å². The summed E-state index contributed by atoms with van der Waals surface area (Å²) in [6, 6.07) is 3.44. The molecule has 1 aromatic carbocycles. The monoisotopic (exact) mass is 384 g/mol. The molecule has 0 unspecified atom stereocenters. The summed E-state index contributed by atoms with van der Waals surface area (Å²) in [5.41, 5.74) is -0.148. The van der Waals surface area contributed by atoms with Crippen LogP contribution >= 0.6 is 0 Å². The van der Waals surface area contributed by atoms with Crippen molar-refractivity contribution >= 4 is 33.3 Å². The molecule has 0 radical (unpaired) electrons. The molecule has 144 valence electrons. The fraction of sp³-hybridized carbons (Fsp3) is 0.471. The molecule has 0 heterocycles. The third-order valence-electron chi connectivity index (χ3n) is 3.78. The standard InChI is InChI=1S/C17H24N2O6S/c1-4-19(5-2)16(21)8-6-7-15(20)18-13-9-12(17(22)23)10-14(11-13)26(3,24)25/h9-11H,4-8H2,1-3H3,(H,18,20)(H,22,23). The fourth-order valence-corrected chi connectivity index (χ4v) is 3.05. The maximum Gasteiger partial charge on any atom is 0.335 e. The lowest BCUT2D eigenvalue weighted by atomic mass is 10.2. The van der Waals surface area contributed by atoms with E-state index in [0.29, 0.717) is 19.5 Å². The molecule has 2 N–H and O–H groups in total. The molecule has 0 saturated heterocycles. The van der Waals surface area contributed by atoms with Crippen molar-refractivity contribution in [1.82, 2.24) is 4.90 Å². The van der Waals surface area contributed by atoms with Crippen molar-refractivity contribution in [2.24, 2.45) is 0 Å². The summed E-state index contributed by atoms with van der Waals surface area (Å²) in [5.74, 6) is -1.75. The molecule has 0 fully saturated rings. The number of carboxylic acids is 1. The SMILES string of the molecule is CCN(CC)C(=O)CCCC(=O)Nc1cc(C(=O)O)cc(S(C)(=O)=O)c1. The molecular formula is C17H24N2O6S. The number of benzene rings is 1. The number of hydrogen-bond donors (Lipinski definition) is 2. The highest BCUT2D eigenvalue weighted by molar-refractivity contribution is 7.90. The van der Waals surface area contributed by atoms with Crippen LogP contribution in [0.5, 0.6) is 0 Å². The predicted molar refractivity (Wildman–Crippen MR) is 96.9 cm³/mol. The second kappa shape index (κ2) is 9.33. The third-order valence-corrected chi connectivity index (χ3v) is 4.87. The van der Waals surface area contributed by atoms with Crippen molar-refractivity contribution in [2.75, 3.05) is 24.7 Å². The number of anilines is 1. The molecule has 0 spiro atoms. The first-order valence-electron chi connectivity index (χ1n) is 8.24. The van der Waals surface area contributed by atoms with E-state index in [1.54, 1.807) is 4.90 Å². The number of carbonyl (C=O) groups excluding carboxylic acids is 2. The number of carbonyl (C=O) groups is 3. The number of carboxylic acid groups (broad SMARTS) is 1. The molecular weight excluding hydrogens is 360 g/mol. The van der Waals surface area contributed by atoms with Crippen LogP contribution in [0.25, 0.3) is 0 Å². The van der Waals surface area contributed by atoms with Gasteiger partial charge in [0.2, 0.25) is 11.8 Å². The van der Waals surface area contributed by atoms with Gasteiger partial charge in [-0.15, -0.1) is 0 Å². The Morgan fingerprint density at radius 3 is 2.19 bits per heavy atom. The normalized spacial score (nSPS) is 11.0. The number of rotatable bonds is 9. The minimum absolute atomic E-state index is 0.0324. The largest absolute Gasteiger partial charge is 0.478 e. The van der Waals surface area contributed by atoms with Crippen LogP contribution in [0, 0.1) is 0 Å². The second-order valence-electron chi connectivity index (χ2n) is 5.79. The first-order valence-corrected chi connectivity index (χ1v) is 10.1. The van der Waals surface area contributed by atoms with Crippen LogP contribution in [0.15, 0.2) is 23.1 Å². The van der Waals surface area contributed by atoms with Gasteiger partial charge in [-0.1, -0.05) is 0 Å². The molecule has 0 aliphatic rings. The van der Waals surface area contributed by atoms with E-state index in [1.807, 2.05) is 13.8 Å². The molecule has 2 amide bonds. The zero-order valence-corrected chi connectivity index (χ0v) is 15.9. The topological polar surface area (TPSA) is 121 Å². The summed E-state index contributed by atoms with van der Waals surface area (Å²) < 4.78 is 23.3. The molecule has 0 bridgehead atoms. The Bertz CT molecular complexity index is 784. The molecule has 0 atom stereocenters. The summed E-state index contributed by atoms with van der Waals surface area (Å²) in [6.07, 6.45) is 1.61. The third kappa shape index (κ3) is 6.47. The van der Waals surface area contributed by atoms with Crippen LogP contribution in [-0.2, 0) is 19.4 Å². The van der Waals surface area contributed by atoms with E-state index in [9.17, 15) is 22.8 Å². The maximum absolute atomic E-state index is 12.0. The van der Waals surface area contributed by atoms with Gasteiger partial charge >= 0.3 is 5.97 Å². The first-order chi connectivity index (χ1) is 12.1. The van der Waals surface area contributed by atoms with Crippen molar-refractivity contribution < 1.29 is 27.9 Å². The number of sulfone groups is 1. The molecule has 9 heteroatoms. The molecule has 0 aromatic heterocycles. The minimum atomic E-state index is -3.63. The first kappa shape index (κ1) is 21.6. The van der Waals surface area contributed by atoms with E-state index in [0.717, 1.165) is 12.3 Å². The van der Waals surface area contributed by atoms with Gasteiger partial charge in [0.15, 0.2) is 9.84 Å². The van der Waals surface area contributed by atoms with E-state index in [-0.39, 0.29) is 34.9 Å². The lowest BCUT2D eigenvalue weighted by Crippen LogP contribution is -2.30. The Morgan fingerprint density at radius 2 is 1.69 bits per heavy atom. The summed E-state index contributed by atoms with van der Waals surface area (Å²) in [6.45, 7) is 4.97. The maximum atomic E-state index is 12.0. The average Bonchev–Trinajstić information content (AvgIpc) is 2.54. The van der Waals surface area contributed by atoms with Crippen LogP contribution in [0.2, 0.25) is 0 Å². The van der Waals surface area contributed by atoms with Crippen molar-refractivity contribution in [3.05, 3.63) is 23.8 Å². The zero-order valence-electron chi connectivity index (χ0n) is 15.1. The van der Waals surface area contributed by atoms with Gasteiger partial charge in [-0.3, -0.25) is 9.59 Å². The Balaban J connectivity index is 2.76. The average molecular weight is 384 g/mol. The van der Waals surface area contributed by atoms with Crippen LogP contribution in [0.4, 0.5) is 5.69 Å². The number of aromatic carboxylic acids is 1. The Hall–Kier alpha value is -2.42. The van der Waals surface area contributed by atoms with E-state index in [4.69, 9.17) is 5.11 Å². The van der Waals surface area contributed by atoms with E-state index >= 15 is 0 Å². The summed E-state index contributed by atoms with van der Waals surface area (Å²) in [7, 11) is -3.63. The molecule has 0 aliphatic carbocycles. The number of amides is 2. The lowest BCUT2D eigenvalue weighted by molar-refractivity contribution is -0.131. The van der Waals surface area contributed by atoms with Gasteiger partial charge in [0.1, 0.15) is 0 Å². The van der Waals surface area contributed by atoms with Gasteiger partial charge in [-0.05, 0) is 38.5 Å². The van der Waals surface area contributed by atoms with Gasteiger partial charge in [0.25, 0.3) is 0 Å². The van der Waals surface area contributed by atoms with E-state index in [1.165, 1.54) is 12.1 Å². The second-order valence-corrected chi connectivity index (χ2v) is 7.81. The van der Waals surface area contributed by atoms with E-state index < -0.39 is 21.7 Å². The highest BCUT2D eigenvalue weighted by Gasteiger charge is 2.15. The molecule has 0 aliphatic heterocycles. The van der Waals surface area contributed by atoms with Crippen LogP contribution < -0.4 is 5.32 Å². The number of nitrogens with zero attached hydrogens (tertiary/aromatic N) is 1. The lowest BCUT2D eigenvalue weighted by Gasteiger charge is -2.18. The van der Waals surface area contributed by atoms with Crippen molar-refractivity contribution in [3.8, 4) is 0 Å². The smallest absolute Gasteiger partial charge is 0.335 e.